The summed E-state index contributed by atoms with van der Waals surface area (Å²) in [6.45, 7) is 0.937. The van der Waals surface area contributed by atoms with E-state index in [4.69, 9.17) is 0 Å². The van der Waals surface area contributed by atoms with Crippen molar-refractivity contribution in [1.82, 2.24) is 5.32 Å². The van der Waals surface area contributed by atoms with Crippen molar-refractivity contribution in [3.8, 4) is 5.75 Å². The topological polar surface area (TPSA) is 38.3 Å². The lowest BCUT2D eigenvalue weighted by molar-refractivity contribution is -0.0498. The van der Waals surface area contributed by atoms with E-state index >= 15 is 0 Å². The number of ether oxygens (including phenoxy) is 1. The van der Waals surface area contributed by atoms with Gasteiger partial charge in [0.15, 0.2) is 0 Å². The van der Waals surface area contributed by atoms with Crippen molar-refractivity contribution in [2.45, 2.75) is 26.5 Å². The van der Waals surface area contributed by atoms with Crippen molar-refractivity contribution >= 4 is 5.91 Å². The lowest BCUT2D eigenvalue weighted by Gasteiger charge is -2.15. The molecular formula is C17H17F2NO2. The van der Waals surface area contributed by atoms with Gasteiger partial charge in [-0.3, -0.25) is 4.79 Å². The van der Waals surface area contributed by atoms with Gasteiger partial charge in [0.2, 0.25) is 0 Å². The van der Waals surface area contributed by atoms with Crippen LogP contribution < -0.4 is 10.1 Å². The van der Waals surface area contributed by atoms with E-state index in [1.165, 1.54) is 12.1 Å². The summed E-state index contributed by atoms with van der Waals surface area (Å²) in [5.74, 6) is -0.0868. The third-order valence-corrected chi connectivity index (χ3v) is 3.27. The standard InChI is InChI=1S/C17H17F2NO2/c1-11-3-5-14(6-4-11)16(21)20-12(2)13-7-9-15(10-8-13)22-17(18)19/h3-10,12,17H,1-2H3,(H,20,21)/t12-/m1/s1. The largest absolute Gasteiger partial charge is 0.435 e. The molecule has 0 aliphatic heterocycles. The molecule has 0 fully saturated rings. The van der Waals surface area contributed by atoms with Crippen LogP contribution in [-0.2, 0) is 0 Å². The first-order valence-electron chi connectivity index (χ1n) is 6.88. The average molecular weight is 305 g/mol. The summed E-state index contributed by atoms with van der Waals surface area (Å²) >= 11 is 0. The minimum atomic E-state index is -2.84. The first-order chi connectivity index (χ1) is 10.5. The van der Waals surface area contributed by atoms with E-state index < -0.39 is 6.61 Å². The smallest absolute Gasteiger partial charge is 0.387 e. The average Bonchev–Trinajstić information content (AvgIpc) is 2.48. The van der Waals surface area contributed by atoms with Gasteiger partial charge in [-0.1, -0.05) is 29.8 Å². The Morgan fingerprint density at radius 1 is 1.05 bits per heavy atom. The molecule has 1 N–H and O–H groups in total. The molecule has 5 heteroatoms. The molecule has 0 unspecified atom stereocenters. The lowest BCUT2D eigenvalue weighted by Crippen LogP contribution is -2.26. The molecule has 0 saturated carbocycles. The summed E-state index contributed by atoms with van der Waals surface area (Å²) in [6, 6.07) is 13.2. The third kappa shape index (κ3) is 4.28. The van der Waals surface area contributed by atoms with Gasteiger partial charge in [-0.2, -0.15) is 8.78 Å². The third-order valence-electron chi connectivity index (χ3n) is 3.27. The van der Waals surface area contributed by atoms with E-state index in [2.05, 4.69) is 10.1 Å². The predicted octanol–water partition coefficient (Wildman–Crippen LogP) is 4.09. The van der Waals surface area contributed by atoms with E-state index in [0.29, 0.717) is 5.56 Å². The second kappa shape index (κ2) is 7.02. The molecule has 1 amide bonds. The molecular weight excluding hydrogens is 288 g/mol. The summed E-state index contributed by atoms with van der Waals surface area (Å²) in [5, 5.41) is 2.86. The van der Waals surface area contributed by atoms with Gasteiger partial charge in [-0.15, -0.1) is 0 Å². The van der Waals surface area contributed by atoms with Crippen molar-refractivity contribution in [1.29, 1.82) is 0 Å². The van der Waals surface area contributed by atoms with Crippen LogP contribution in [0.4, 0.5) is 8.78 Å². The molecule has 0 aliphatic rings. The zero-order valence-electron chi connectivity index (χ0n) is 12.3. The number of carbonyl (C=O) groups excluding carboxylic acids is 1. The van der Waals surface area contributed by atoms with Crippen LogP contribution in [0.5, 0.6) is 5.75 Å². The van der Waals surface area contributed by atoms with Crippen LogP contribution in [-0.4, -0.2) is 12.5 Å². The minimum absolute atomic E-state index is 0.0933. The molecule has 116 valence electrons. The Morgan fingerprint density at radius 2 is 1.64 bits per heavy atom. The van der Waals surface area contributed by atoms with Crippen LogP contribution in [0.25, 0.3) is 0 Å². The molecule has 22 heavy (non-hydrogen) atoms. The van der Waals surface area contributed by atoms with Gasteiger partial charge in [-0.25, -0.2) is 0 Å². The summed E-state index contributed by atoms with van der Waals surface area (Å²) in [7, 11) is 0. The van der Waals surface area contributed by atoms with E-state index in [9.17, 15) is 13.6 Å². The van der Waals surface area contributed by atoms with E-state index in [0.717, 1.165) is 11.1 Å². The number of hydrogen-bond donors (Lipinski definition) is 1. The maximum Gasteiger partial charge on any atom is 0.387 e. The zero-order chi connectivity index (χ0) is 16.1. The molecule has 0 aliphatic carbocycles. The quantitative estimate of drug-likeness (QED) is 0.903. The fourth-order valence-corrected chi connectivity index (χ4v) is 2.01. The van der Waals surface area contributed by atoms with Gasteiger partial charge in [-0.05, 0) is 43.7 Å². The minimum Gasteiger partial charge on any atom is -0.435 e. The van der Waals surface area contributed by atoms with Crippen LogP contribution in [0.3, 0.4) is 0 Å². The molecule has 0 saturated heterocycles. The van der Waals surface area contributed by atoms with Crippen LogP contribution in [0.2, 0.25) is 0 Å². The number of amides is 1. The molecule has 2 rings (SSSR count). The molecule has 0 heterocycles. The highest BCUT2D eigenvalue weighted by molar-refractivity contribution is 5.94. The molecule has 0 aromatic heterocycles. The maximum atomic E-state index is 12.1. The Hall–Kier alpha value is -2.43. The van der Waals surface area contributed by atoms with Gasteiger partial charge in [0.05, 0.1) is 6.04 Å². The highest BCUT2D eigenvalue weighted by atomic mass is 19.3. The second-order valence-corrected chi connectivity index (χ2v) is 5.01. The monoisotopic (exact) mass is 305 g/mol. The highest BCUT2D eigenvalue weighted by Gasteiger charge is 2.12. The second-order valence-electron chi connectivity index (χ2n) is 5.01. The lowest BCUT2D eigenvalue weighted by atomic mass is 10.1. The fraction of sp³-hybridized carbons (Fsp3) is 0.235. The number of nitrogens with one attached hydrogen (secondary N) is 1. The van der Waals surface area contributed by atoms with Gasteiger partial charge < -0.3 is 10.1 Å². The molecule has 3 nitrogen and oxygen atoms in total. The van der Waals surface area contributed by atoms with Gasteiger partial charge in [0.25, 0.3) is 5.91 Å². The number of rotatable bonds is 5. The van der Waals surface area contributed by atoms with E-state index in [1.807, 2.05) is 26.0 Å². The van der Waals surface area contributed by atoms with Gasteiger partial charge in [0.1, 0.15) is 5.75 Å². The molecule has 2 aromatic carbocycles. The number of hydrogen-bond acceptors (Lipinski definition) is 2. The first-order valence-corrected chi connectivity index (χ1v) is 6.88. The van der Waals surface area contributed by atoms with Crippen molar-refractivity contribution in [3.05, 3.63) is 65.2 Å². The van der Waals surface area contributed by atoms with Crippen LogP contribution in [0, 0.1) is 6.92 Å². The van der Waals surface area contributed by atoms with Gasteiger partial charge in [0, 0.05) is 5.56 Å². The number of aryl methyl sites for hydroxylation is 1. The Labute approximate surface area is 127 Å². The maximum absolute atomic E-state index is 12.1. The first kappa shape index (κ1) is 15.9. The number of benzene rings is 2. The van der Waals surface area contributed by atoms with Crippen molar-refractivity contribution in [2.24, 2.45) is 0 Å². The number of halogens is 2. The molecule has 0 radical (unpaired) electrons. The van der Waals surface area contributed by atoms with Crippen LogP contribution in [0.15, 0.2) is 48.5 Å². The van der Waals surface area contributed by atoms with Gasteiger partial charge >= 0.3 is 6.61 Å². The number of carbonyl (C=O) groups is 1. The SMILES string of the molecule is Cc1ccc(C(=O)N[C@H](C)c2ccc(OC(F)F)cc2)cc1. The fourth-order valence-electron chi connectivity index (χ4n) is 2.01. The summed E-state index contributed by atoms with van der Waals surface area (Å²) in [5.41, 5.74) is 2.47. The summed E-state index contributed by atoms with van der Waals surface area (Å²) < 4.78 is 28.5. The summed E-state index contributed by atoms with van der Waals surface area (Å²) in [4.78, 5) is 12.1. The van der Waals surface area contributed by atoms with Crippen molar-refractivity contribution in [3.63, 3.8) is 0 Å². The molecule has 2 aromatic rings. The van der Waals surface area contributed by atoms with Crippen molar-refractivity contribution < 1.29 is 18.3 Å². The Kier molecular flexibility index (Phi) is 5.09. The van der Waals surface area contributed by atoms with E-state index in [-0.39, 0.29) is 17.7 Å². The van der Waals surface area contributed by atoms with Crippen LogP contribution >= 0.6 is 0 Å². The Balaban J connectivity index is 2.00. The highest BCUT2D eigenvalue weighted by Crippen LogP contribution is 2.19. The zero-order valence-corrected chi connectivity index (χ0v) is 12.3. The number of alkyl halides is 2. The Bertz CT molecular complexity index is 624. The summed E-state index contributed by atoms with van der Waals surface area (Å²) in [6.07, 6.45) is 0. The van der Waals surface area contributed by atoms with Crippen LogP contribution in [0.1, 0.15) is 34.5 Å². The predicted molar refractivity (Wildman–Crippen MR) is 80.1 cm³/mol. The van der Waals surface area contributed by atoms with E-state index in [1.54, 1.807) is 24.3 Å². The molecule has 1 atom stereocenters. The molecule has 0 spiro atoms. The molecule has 0 bridgehead atoms. The van der Waals surface area contributed by atoms with Crippen molar-refractivity contribution in [2.75, 3.05) is 0 Å². The Morgan fingerprint density at radius 3 is 2.18 bits per heavy atom. The normalized spacial score (nSPS) is 12.0.